The smallest absolute Gasteiger partial charge is 0.333 e. The second kappa shape index (κ2) is 13.9. The molecule has 0 fully saturated rings. The Bertz CT molecular complexity index is 327. The zero-order chi connectivity index (χ0) is 15.7. The van der Waals surface area contributed by atoms with E-state index in [1.165, 1.54) is 0 Å². The molecule has 0 bridgehead atoms. The molecule has 120 valence electrons. The SMILES string of the molecule is CC(=O)ON(CCN(OC(C)=O)OC(C)=O)OC(C)=O.[Fe+2].[Na+]. The van der Waals surface area contributed by atoms with Crippen LogP contribution < -0.4 is 29.6 Å². The van der Waals surface area contributed by atoms with E-state index in [2.05, 4.69) is 19.4 Å². The van der Waals surface area contributed by atoms with Crippen molar-refractivity contribution in [3.8, 4) is 0 Å². The van der Waals surface area contributed by atoms with Gasteiger partial charge in [0.1, 0.15) is 0 Å². The summed E-state index contributed by atoms with van der Waals surface area (Å²) in [5.41, 5.74) is 0. The predicted octanol–water partition coefficient (Wildman–Crippen LogP) is -3.50. The fraction of sp³-hybridized carbons (Fsp3) is 0.600. The molecule has 0 saturated heterocycles. The molecule has 0 amide bonds. The van der Waals surface area contributed by atoms with Crippen LogP contribution in [0.3, 0.4) is 0 Å². The van der Waals surface area contributed by atoms with Crippen LogP contribution in [0.1, 0.15) is 27.7 Å². The molecule has 0 saturated carbocycles. The first-order valence-electron chi connectivity index (χ1n) is 5.50. The zero-order valence-corrected chi connectivity index (χ0v) is 16.0. The maximum atomic E-state index is 10.8. The minimum Gasteiger partial charge on any atom is -0.333 e. The van der Waals surface area contributed by atoms with Crippen LogP contribution in [0.5, 0.6) is 0 Å². The summed E-state index contributed by atoms with van der Waals surface area (Å²) in [6.45, 7) is 3.97. The molecule has 0 aromatic heterocycles. The molecule has 0 aromatic rings. The van der Waals surface area contributed by atoms with Crippen molar-refractivity contribution in [2.24, 2.45) is 0 Å². The number of hydrogen-bond acceptors (Lipinski definition) is 10. The Morgan fingerprint density at radius 3 is 0.955 bits per heavy atom. The number of rotatable bonds is 7. The van der Waals surface area contributed by atoms with Gasteiger partial charge in [0.05, 0.1) is 13.1 Å². The van der Waals surface area contributed by atoms with Crippen LogP contribution in [0.15, 0.2) is 0 Å². The summed E-state index contributed by atoms with van der Waals surface area (Å²) in [5.74, 6) is -2.90. The third kappa shape index (κ3) is 15.7. The molecule has 0 N–H and O–H groups in total. The quantitative estimate of drug-likeness (QED) is 0.330. The molecule has 0 spiro atoms. The van der Waals surface area contributed by atoms with Gasteiger partial charge in [-0.3, -0.25) is 19.2 Å². The summed E-state index contributed by atoms with van der Waals surface area (Å²) in [5, 5.41) is 1.15. The second-order valence-electron chi connectivity index (χ2n) is 3.44. The van der Waals surface area contributed by atoms with Crippen molar-refractivity contribution < 1.29 is 85.2 Å². The van der Waals surface area contributed by atoms with E-state index in [0.29, 0.717) is 10.5 Å². The van der Waals surface area contributed by atoms with Gasteiger partial charge in [-0.2, -0.15) is 0 Å². The van der Waals surface area contributed by atoms with E-state index < -0.39 is 23.9 Å². The number of carbonyl (C=O) groups is 4. The van der Waals surface area contributed by atoms with E-state index in [-0.39, 0.29) is 59.7 Å². The Hall–Kier alpha value is -0.681. The van der Waals surface area contributed by atoms with Gasteiger partial charge >= 0.3 is 70.5 Å². The molecule has 10 nitrogen and oxygen atoms in total. The fourth-order valence-corrected chi connectivity index (χ4v) is 0.957. The second-order valence-corrected chi connectivity index (χ2v) is 3.44. The topological polar surface area (TPSA) is 112 Å². The first-order valence-corrected chi connectivity index (χ1v) is 5.50. The molecular formula is C10H16FeN2NaO8+3. The third-order valence-electron chi connectivity index (χ3n) is 1.39. The molecule has 0 aromatic carbocycles. The van der Waals surface area contributed by atoms with E-state index in [4.69, 9.17) is 0 Å². The van der Waals surface area contributed by atoms with Gasteiger partial charge in [0.2, 0.25) is 0 Å². The average Bonchev–Trinajstić information content (AvgIpc) is 2.22. The van der Waals surface area contributed by atoms with E-state index >= 15 is 0 Å². The van der Waals surface area contributed by atoms with Crippen molar-refractivity contribution in [3.05, 3.63) is 0 Å². The summed E-state index contributed by atoms with van der Waals surface area (Å²) in [6, 6.07) is 0. The summed E-state index contributed by atoms with van der Waals surface area (Å²) in [6.07, 6.45) is 0. The van der Waals surface area contributed by atoms with Crippen LogP contribution in [-0.4, -0.2) is 47.4 Å². The van der Waals surface area contributed by atoms with Crippen LogP contribution in [0.4, 0.5) is 0 Å². The largest absolute Gasteiger partial charge is 2.00 e. The van der Waals surface area contributed by atoms with E-state index in [0.717, 1.165) is 27.7 Å². The molecule has 0 aliphatic carbocycles. The predicted molar refractivity (Wildman–Crippen MR) is 60.5 cm³/mol. The number of hydroxylamine groups is 4. The standard InChI is InChI=1S/C10H16N2O8.Fe.Na/c1-7(13)17-11(18-8(2)14)5-6-12(19-9(3)15)20-10(4)16;;/h5-6H2,1-4H3;;/q;+2;+1. The van der Waals surface area contributed by atoms with Gasteiger partial charge in [0, 0.05) is 38.1 Å². The number of nitrogens with zero attached hydrogens (tertiary/aromatic N) is 2. The molecule has 0 heterocycles. The summed E-state index contributed by atoms with van der Waals surface area (Å²) in [4.78, 5) is 61.4. The Labute approximate surface area is 159 Å². The molecule has 0 radical (unpaired) electrons. The molecular weight excluding hydrogens is 355 g/mol. The van der Waals surface area contributed by atoms with Crippen LogP contribution in [0.2, 0.25) is 0 Å². The number of hydrogen-bond donors (Lipinski definition) is 0. The average molecular weight is 371 g/mol. The Balaban J connectivity index is -0.00000180. The minimum atomic E-state index is -0.724. The molecule has 12 heteroatoms. The maximum Gasteiger partial charge on any atom is 2.00 e. The van der Waals surface area contributed by atoms with E-state index in [1.54, 1.807) is 0 Å². The maximum absolute atomic E-state index is 10.8. The van der Waals surface area contributed by atoms with Crippen molar-refractivity contribution in [1.82, 2.24) is 10.5 Å². The monoisotopic (exact) mass is 371 g/mol. The van der Waals surface area contributed by atoms with E-state index in [9.17, 15) is 19.2 Å². The summed E-state index contributed by atoms with van der Waals surface area (Å²) < 4.78 is 0. The van der Waals surface area contributed by atoms with Gasteiger partial charge in [0.15, 0.2) is 0 Å². The molecule has 0 aliphatic rings. The Morgan fingerprint density at radius 1 is 0.636 bits per heavy atom. The van der Waals surface area contributed by atoms with Gasteiger partial charge in [-0.1, -0.05) is 0 Å². The van der Waals surface area contributed by atoms with Crippen LogP contribution in [-0.2, 0) is 55.6 Å². The first kappa shape index (κ1) is 26.2. The van der Waals surface area contributed by atoms with Crippen LogP contribution in [0, 0.1) is 0 Å². The van der Waals surface area contributed by atoms with Crippen molar-refractivity contribution in [1.29, 1.82) is 0 Å². The Kier molecular flexibility index (Phi) is 16.6. The fourth-order valence-electron chi connectivity index (χ4n) is 0.957. The van der Waals surface area contributed by atoms with Gasteiger partial charge in [0.25, 0.3) is 0 Å². The van der Waals surface area contributed by atoms with Gasteiger partial charge < -0.3 is 19.4 Å². The van der Waals surface area contributed by atoms with E-state index in [1.807, 2.05) is 0 Å². The van der Waals surface area contributed by atoms with Crippen molar-refractivity contribution in [3.63, 3.8) is 0 Å². The Morgan fingerprint density at radius 2 is 0.818 bits per heavy atom. The molecule has 0 aliphatic heterocycles. The van der Waals surface area contributed by atoms with Crippen LogP contribution in [0.25, 0.3) is 0 Å². The first-order chi connectivity index (χ1) is 9.20. The van der Waals surface area contributed by atoms with Gasteiger partial charge in [-0.25, -0.2) is 0 Å². The molecule has 0 rings (SSSR count). The van der Waals surface area contributed by atoms with Gasteiger partial charge in [-0.05, 0) is 0 Å². The zero-order valence-electron chi connectivity index (χ0n) is 12.9. The number of carbonyl (C=O) groups excluding carboxylic acids is 4. The molecule has 22 heavy (non-hydrogen) atoms. The molecule has 0 atom stereocenters. The minimum absolute atomic E-state index is 0. The molecule has 0 unspecified atom stereocenters. The summed E-state index contributed by atoms with van der Waals surface area (Å²) in [7, 11) is 0. The third-order valence-corrected chi connectivity index (χ3v) is 1.39. The normalized spacial score (nSPS) is 9.18. The summed E-state index contributed by atoms with van der Waals surface area (Å²) >= 11 is 0. The van der Waals surface area contributed by atoms with Gasteiger partial charge in [-0.15, -0.1) is 0 Å². The van der Waals surface area contributed by atoms with Crippen molar-refractivity contribution in [2.45, 2.75) is 27.7 Å². The van der Waals surface area contributed by atoms with Crippen molar-refractivity contribution >= 4 is 23.9 Å². The van der Waals surface area contributed by atoms with Crippen molar-refractivity contribution in [2.75, 3.05) is 13.1 Å². The van der Waals surface area contributed by atoms with Crippen LogP contribution >= 0.6 is 0 Å².